The summed E-state index contributed by atoms with van der Waals surface area (Å²) in [5, 5.41) is 0. The van der Waals surface area contributed by atoms with Gasteiger partial charge in [-0.1, -0.05) is 26.0 Å². The number of piperidine rings is 1. The third kappa shape index (κ3) is 7.12. The molecule has 0 aromatic heterocycles. The molecular weight excluding hydrogens is 392 g/mol. The van der Waals surface area contributed by atoms with Crippen LogP contribution >= 0.6 is 0 Å². The van der Waals surface area contributed by atoms with Gasteiger partial charge in [0.2, 0.25) is 15.9 Å². The van der Waals surface area contributed by atoms with Crippen LogP contribution in [0, 0.1) is 11.8 Å². The summed E-state index contributed by atoms with van der Waals surface area (Å²) in [7, 11) is -3.50. The lowest BCUT2D eigenvalue weighted by Gasteiger charge is -2.31. The first kappa shape index (κ1) is 23.3. The summed E-state index contributed by atoms with van der Waals surface area (Å²) in [6, 6.07) is 6.66. The fourth-order valence-electron chi connectivity index (χ4n) is 3.23. The molecule has 0 saturated carbocycles. The molecule has 1 heterocycles. The number of nitrogens with one attached hydrogen (secondary N) is 1. The number of carbonyl (C=O) groups is 2. The zero-order chi connectivity index (χ0) is 21.4. The summed E-state index contributed by atoms with van der Waals surface area (Å²) in [6.45, 7) is 7.60. The van der Waals surface area contributed by atoms with E-state index in [-0.39, 0.29) is 28.6 Å². The molecule has 162 valence electrons. The van der Waals surface area contributed by atoms with Gasteiger partial charge in [-0.25, -0.2) is 13.1 Å². The fraction of sp³-hybridized carbons (Fsp3) is 0.619. The van der Waals surface area contributed by atoms with Crippen LogP contribution in [0.1, 0.15) is 45.6 Å². The van der Waals surface area contributed by atoms with Gasteiger partial charge in [-0.05, 0) is 49.8 Å². The Labute approximate surface area is 173 Å². The molecule has 1 aromatic rings. The van der Waals surface area contributed by atoms with E-state index in [1.807, 2.05) is 13.8 Å². The molecule has 0 unspecified atom stereocenters. The number of amides is 1. The molecule has 0 spiro atoms. The number of ether oxygens (including phenoxy) is 1. The largest absolute Gasteiger partial charge is 0.466 e. The number of benzene rings is 1. The molecule has 1 saturated heterocycles. The predicted octanol–water partition coefficient (Wildman–Crippen LogP) is 2.36. The van der Waals surface area contributed by atoms with Gasteiger partial charge >= 0.3 is 5.97 Å². The van der Waals surface area contributed by atoms with Crippen LogP contribution in [-0.2, 0) is 30.8 Å². The van der Waals surface area contributed by atoms with Crippen molar-refractivity contribution in [1.29, 1.82) is 0 Å². The smallest absolute Gasteiger partial charge is 0.309 e. The van der Waals surface area contributed by atoms with Gasteiger partial charge in [0.25, 0.3) is 0 Å². The van der Waals surface area contributed by atoms with E-state index in [0.29, 0.717) is 51.9 Å². The number of hydrogen-bond donors (Lipinski definition) is 1. The average molecular weight is 425 g/mol. The standard InChI is InChI=1S/C21H32N2O5S/c1-4-28-21(25)18-11-13-23(14-12-18)20(24)10-7-17-5-8-19(9-6-17)29(26,27)22-15-16(2)3/h5-6,8-9,16,18,22H,4,7,10-15H2,1-3H3. The third-order valence-corrected chi connectivity index (χ3v) is 6.45. The number of likely N-dealkylation sites (tertiary alicyclic amines) is 1. The average Bonchev–Trinajstić information content (AvgIpc) is 2.71. The zero-order valence-corrected chi connectivity index (χ0v) is 18.3. The Morgan fingerprint density at radius 1 is 1.17 bits per heavy atom. The monoisotopic (exact) mass is 424 g/mol. The maximum Gasteiger partial charge on any atom is 0.309 e. The molecule has 1 aromatic carbocycles. The first-order valence-electron chi connectivity index (χ1n) is 10.3. The summed E-state index contributed by atoms with van der Waals surface area (Å²) in [4.78, 5) is 26.3. The molecule has 1 fully saturated rings. The predicted molar refractivity (Wildman–Crippen MR) is 111 cm³/mol. The number of carbonyl (C=O) groups excluding carboxylic acids is 2. The highest BCUT2D eigenvalue weighted by atomic mass is 32.2. The van der Waals surface area contributed by atoms with Gasteiger partial charge in [-0.2, -0.15) is 0 Å². The quantitative estimate of drug-likeness (QED) is 0.614. The van der Waals surface area contributed by atoms with Crippen molar-refractivity contribution in [3.8, 4) is 0 Å². The van der Waals surface area contributed by atoms with E-state index >= 15 is 0 Å². The van der Waals surface area contributed by atoms with Crippen LogP contribution in [0.2, 0.25) is 0 Å². The minimum Gasteiger partial charge on any atom is -0.466 e. The third-order valence-electron chi connectivity index (χ3n) is 5.01. The number of nitrogens with zero attached hydrogens (tertiary/aromatic N) is 1. The van der Waals surface area contributed by atoms with Crippen LogP contribution in [0.3, 0.4) is 0 Å². The minimum atomic E-state index is -3.50. The van der Waals surface area contributed by atoms with E-state index in [2.05, 4.69) is 4.72 Å². The second kappa shape index (κ2) is 10.7. The highest BCUT2D eigenvalue weighted by molar-refractivity contribution is 7.89. The van der Waals surface area contributed by atoms with Crippen molar-refractivity contribution in [2.45, 2.75) is 51.3 Å². The van der Waals surface area contributed by atoms with E-state index in [1.165, 1.54) is 0 Å². The molecule has 2 rings (SSSR count). The number of esters is 1. The Bertz CT molecular complexity index is 782. The van der Waals surface area contributed by atoms with Crippen LogP contribution in [-0.4, -0.2) is 51.4 Å². The van der Waals surface area contributed by atoms with Crippen LogP contribution in [0.15, 0.2) is 29.2 Å². The molecule has 7 nitrogen and oxygen atoms in total. The Morgan fingerprint density at radius 3 is 2.34 bits per heavy atom. The summed E-state index contributed by atoms with van der Waals surface area (Å²) >= 11 is 0. The highest BCUT2D eigenvalue weighted by Gasteiger charge is 2.27. The molecule has 1 N–H and O–H groups in total. The molecule has 0 atom stereocenters. The van der Waals surface area contributed by atoms with Crippen molar-refractivity contribution < 1.29 is 22.7 Å². The van der Waals surface area contributed by atoms with E-state index in [0.717, 1.165) is 5.56 Å². The maximum absolute atomic E-state index is 12.5. The highest BCUT2D eigenvalue weighted by Crippen LogP contribution is 2.20. The van der Waals surface area contributed by atoms with Crippen molar-refractivity contribution in [2.75, 3.05) is 26.2 Å². The van der Waals surface area contributed by atoms with Gasteiger partial charge in [0, 0.05) is 26.1 Å². The van der Waals surface area contributed by atoms with Gasteiger partial charge < -0.3 is 9.64 Å². The van der Waals surface area contributed by atoms with E-state index < -0.39 is 10.0 Å². The number of rotatable bonds is 9. The van der Waals surface area contributed by atoms with Gasteiger partial charge in [0.15, 0.2) is 0 Å². The van der Waals surface area contributed by atoms with Gasteiger partial charge in [0.05, 0.1) is 17.4 Å². The normalized spacial score (nSPS) is 15.5. The van der Waals surface area contributed by atoms with E-state index in [1.54, 1.807) is 36.1 Å². The molecule has 0 radical (unpaired) electrons. The van der Waals surface area contributed by atoms with Gasteiger partial charge in [-0.15, -0.1) is 0 Å². The molecule has 0 bridgehead atoms. The Morgan fingerprint density at radius 2 is 1.79 bits per heavy atom. The Hall–Kier alpha value is -1.93. The molecule has 8 heteroatoms. The summed E-state index contributed by atoms with van der Waals surface area (Å²) in [6.07, 6.45) is 2.19. The molecule has 1 amide bonds. The Balaban J connectivity index is 1.81. The van der Waals surface area contributed by atoms with E-state index in [4.69, 9.17) is 4.74 Å². The van der Waals surface area contributed by atoms with Crippen LogP contribution in [0.5, 0.6) is 0 Å². The van der Waals surface area contributed by atoms with Gasteiger partial charge in [0.1, 0.15) is 0 Å². The van der Waals surface area contributed by atoms with Gasteiger partial charge in [-0.3, -0.25) is 9.59 Å². The minimum absolute atomic E-state index is 0.0580. The fourth-order valence-corrected chi connectivity index (χ4v) is 4.44. The lowest BCUT2D eigenvalue weighted by atomic mass is 9.96. The lowest BCUT2D eigenvalue weighted by Crippen LogP contribution is -2.40. The van der Waals surface area contributed by atoms with Crippen LogP contribution < -0.4 is 4.72 Å². The first-order chi connectivity index (χ1) is 13.7. The van der Waals surface area contributed by atoms with Crippen LogP contribution in [0.4, 0.5) is 0 Å². The molecule has 1 aliphatic heterocycles. The Kier molecular flexibility index (Phi) is 8.64. The second-order valence-electron chi connectivity index (χ2n) is 7.80. The number of sulfonamides is 1. The molecular formula is C21H32N2O5S. The second-order valence-corrected chi connectivity index (χ2v) is 9.56. The van der Waals surface area contributed by atoms with Crippen molar-refractivity contribution in [3.05, 3.63) is 29.8 Å². The summed E-state index contributed by atoms with van der Waals surface area (Å²) in [5.74, 6) is 0.00958. The zero-order valence-electron chi connectivity index (χ0n) is 17.5. The number of aryl methyl sites for hydroxylation is 1. The molecule has 29 heavy (non-hydrogen) atoms. The first-order valence-corrected chi connectivity index (χ1v) is 11.7. The maximum atomic E-state index is 12.5. The SMILES string of the molecule is CCOC(=O)C1CCN(C(=O)CCc2ccc(S(=O)(=O)NCC(C)C)cc2)CC1. The molecule has 0 aliphatic carbocycles. The lowest BCUT2D eigenvalue weighted by molar-refractivity contribution is -0.151. The molecule has 1 aliphatic rings. The van der Waals surface area contributed by atoms with Crippen molar-refractivity contribution in [2.24, 2.45) is 11.8 Å². The topological polar surface area (TPSA) is 92.8 Å². The summed E-state index contributed by atoms with van der Waals surface area (Å²) in [5.41, 5.74) is 0.919. The summed E-state index contributed by atoms with van der Waals surface area (Å²) < 4.78 is 32.1. The van der Waals surface area contributed by atoms with Crippen molar-refractivity contribution in [1.82, 2.24) is 9.62 Å². The van der Waals surface area contributed by atoms with Crippen LogP contribution in [0.25, 0.3) is 0 Å². The van der Waals surface area contributed by atoms with Crippen molar-refractivity contribution in [3.63, 3.8) is 0 Å². The van der Waals surface area contributed by atoms with E-state index in [9.17, 15) is 18.0 Å². The number of hydrogen-bond acceptors (Lipinski definition) is 5. The van der Waals surface area contributed by atoms with Crippen molar-refractivity contribution >= 4 is 21.9 Å².